The van der Waals surface area contributed by atoms with Crippen LogP contribution in [0, 0.1) is 0 Å². The molecule has 0 aliphatic rings. The van der Waals surface area contributed by atoms with Crippen LogP contribution in [-0.4, -0.2) is 23.3 Å². The molecular weight excluding hydrogens is 270 g/mol. The highest BCUT2D eigenvalue weighted by Crippen LogP contribution is 2.34. The van der Waals surface area contributed by atoms with Gasteiger partial charge in [-0.25, -0.2) is 4.79 Å². The van der Waals surface area contributed by atoms with Gasteiger partial charge in [-0.05, 0) is 24.6 Å². The van der Waals surface area contributed by atoms with E-state index in [1.807, 2.05) is 6.92 Å². The Labute approximate surface area is 114 Å². The molecule has 2 aromatic rings. The second-order valence-electron chi connectivity index (χ2n) is 3.84. The van der Waals surface area contributed by atoms with Crippen LogP contribution in [0.15, 0.2) is 22.7 Å². The topological polar surface area (TPSA) is 72.6 Å². The van der Waals surface area contributed by atoms with E-state index < -0.39 is 5.97 Å². The molecule has 0 saturated carbocycles. The Kier molecular flexibility index (Phi) is 3.76. The van der Waals surface area contributed by atoms with Gasteiger partial charge in [0.2, 0.25) is 0 Å². The Morgan fingerprint density at radius 3 is 2.79 bits per heavy atom. The largest absolute Gasteiger partial charge is 0.497 e. The van der Waals surface area contributed by atoms with Gasteiger partial charge in [0.25, 0.3) is 0 Å². The molecule has 5 nitrogen and oxygen atoms in total. The first-order valence-electron chi connectivity index (χ1n) is 5.64. The molecule has 0 saturated heterocycles. The van der Waals surface area contributed by atoms with Crippen LogP contribution in [0.3, 0.4) is 0 Å². The molecule has 19 heavy (non-hydrogen) atoms. The summed E-state index contributed by atoms with van der Waals surface area (Å²) in [4.78, 5) is 11.0. The second-order valence-corrected chi connectivity index (χ2v) is 4.25. The quantitative estimate of drug-likeness (QED) is 0.931. The van der Waals surface area contributed by atoms with Crippen molar-refractivity contribution in [3.8, 4) is 17.1 Å². The van der Waals surface area contributed by atoms with Gasteiger partial charge >= 0.3 is 5.97 Å². The summed E-state index contributed by atoms with van der Waals surface area (Å²) in [6, 6.07) is 5.08. The molecule has 1 aromatic heterocycles. The average molecular weight is 282 g/mol. The van der Waals surface area contributed by atoms with Crippen molar-refractivity contribution in [1.29, 1.82) is 0 Å². The van der Waals surface area contributed by atoms with E-state index in [1.54, 1.807) is 25.3 Å². The monoisotopic (exact) mass is 281 g/mol. The maximum absolute atomic E-state index is 11.0. The molecular formula is C13H12ClNO4. The third-order valence-electron chi connectivity index (χ3n) is 2.77. The highest BCUT2D eigenvalue weighted by molar-refractivity contribution is 6.33. The van der Waals surface area contributed by atoms with Crippen molar-refractivity contribution in [3.05, 3.63) is 34.5 Å². The van der Waals surface area contributed by atoms with Crippen LogP contribution in [-0.2, 0) is 6.42 Å². The van der Waals surface area contributed by atoms with Crippen LogP contribution in [0.1, 0.15) is 23.0 Å². The first-order chi connectivity index (χ1) is 9.08. The maximum atomic E-state index is 11.0. The molecule has 0 spiro atoms. The molecule has 1 heterocycles. The van der Waals surface area contributed by atoms with Crippen molar-refractivity contribution in [2.24, 2.45) is 0 Å². The number of carboxylic acid groups (broad SMARTS) is 1. The maximum Gasteiger partial charge on any atom is 0.358 e. The van der Waals surface area contributed by atoms with Gasteiger partial charge < -0.3 is 14.4 Å². The van der Waals surface area contributed by atoms with Crippen molar-refractivity contribution in [3.63, 3.8) is 0 Å². The van der Waals surface area contributed by atoms with E-state index in [0.29, 0.717) is 34.1 Å². The molecule has 1 aromatic carbocycles. The van der Waals surface area contributed by atoms with E-state index in [0.717, 1.165) is 0 Å². The number of carbonyl (C=O) groups is 1. The third-order valence-corrected chi connectivity index (χ3v) is 3.08. The van der Waals surface area contributed by atoms with Crippen LogP contribution in [0.5, 0.6) is 5.75 Å². The van der Waals surface area contributed by atoms with Gasteiger partial charge in [0.05, 0.1) is 12.1 Å². The number of halogens is 1. The van der Waals surface area contributed by atoms with Gasteiger partial charge in [0.1, 0.15) is 5.75 Å². The fourth-order valence-electron chi connectivity index (χ4n) is 1.82. The molecule has 100 valence electrons. The summed E-state index contributed by atoms with van der Waals surface area (Å²) in [6.07, 6.45) is 0.489. The summed E-state index contributed by atoms with van der Waals surface area (Å²) in [7, 11) is 1.54. The highest BCUT2D eigenvalue weighted by Gasteiger charge is 2.22. The van der Waals surface area contributed by atoms with Gasteiger partial charge in [-0.3, -0.25) is 0 Å². The molecule has 0 bridgehead atoms. The number of nitrogens with zero attached hydrogens (tertiary/aromatic N) is 1. The van der Waals surface area contributed by atoms with Crippen LogP contribution < -0.4 is 4.74 Å². The van der Waals surface area contributed by atoms with E-state index >= 15 is 0 Å². The fourth-order valence-corrected chi connectivity index (χ4v) is 2.08. The lowest BCUT2D eigenvalue weighted by Gasteiger charge is -2.05. The summed E-state index contributed by atoms with van der Waals surface area (Å²) in [5, 5.41) is 13.0. The molecule has 6 heteroatoms. The first-order valence-corrected chi connectivity index (χ1v) is 6.02. The zero-order chi connectivity index (χ0) is 14.0. The molecule has 0 atom stereocenters. The number of methoxy groups -OCH3 is 1. The lowest BCUT2D eigenvalue weighted by atomic mass is 10.0. The molecule has 0 fully saturated rings. The standard InChI is InChI=1S/C13H12ClNO4/c1-3-8-11(13(16)17)15-19-12(8)9-5-4-7(18-2)6-10(9)14/h4-6H,3H2,1-2H3,(H,16,17). The Hall–Kier alpha value is -2.01. The number of carboxylic acids is 1. The minimum Gasteiger partial charge on any atom is -0.497 e. The minimum absolute atomic E-state index is 0.0793. The molecule has 0 aliphatic heterocycles. The van der Waals surface area contributed by atoms with E-state index in [2.05, 4.69) is 5.16 Å². The Bertz CT molecular complexity index is 621. The number of ether oxygens (including phenoxy) is 1. The summed E-state index contributed by atoms with van der Waals surface area (Å²) < 4.78 is 10.2. The molecule has 0 aliphatic carbocycles. The van der Waals surface area contributed by atoms with Gasteiger partial charge in [-0.15, -0.1) is 0 Å². The van der Waals surface area contributed by atoms with Crippen molar-refractivity contribution in [2.75, 3.05) is 7.11 Å². The number of rotatable bonds is 4. The van der Waals surface area contributed by atoms with E-state index in [4.69, 9.17) is 26.0 Å². The first kappa shape index (κ1) is 13.4. The zero-order valence-electron chi connectivity index (χ0n) is 10.4. The van der Waals surface area contributed by atoms with Crippen LogP contribution in [0.2, 0.25) is 5.02 Å². The summed E-state index contributed by atoms with van der Waals surface area (Å²) in [5.74, 6) is -0.117. The van der Waals surface area contributed by atoms with Crippen LogP contribution >= 0.6 is 11.6 Å². The number of aromatic carboxylic acids is 1. The van der Waals surface area contributed by atoms with Gasteiger partial charge in [0.15, 0.2) is 11.5 Å². The van der Waals surface area contributed by atoms with Crippen LogP contribution in [0.25, 0.3) is 11.3 Å². The number of hydrogen-bond acceptors (Lipinski definition) is 4. The van der Waals surface area contributed by atoms with E-state index in [9.17, 15) is 4.79 Å². The number of aromatic nitrogens is 1. The normalized spacial score (nSPS) is 10.5. The molecule has 0 amide bonds. The van der Waals surface area contributed by atoms with E-state index in [-0.39, 0.29) is 5.69 Å². The summed E-state index contributed by atoms with van der Waals surface area (Å²) >= 11 is 6.15. The lowest BCUT2D eigenvalue weighted by Crippen LogP contribution is -2.00. The van der Waals surface area contributed by atoms with Crippen molar-refractivity contribution < 1.29 is 19.2 Å². The van der Waals surface area contributed by atoms with Crippen molar-refractivity contribution >= 4 is 17.6 Å². The smallest absolute Gasteiger partial charge is 0.358 e. The number of hydrogen-bond donors (Lipinski definition) is 1. The molecule has 0 radical (unpaired) electrons. The average Bonchev–Trinajstić information content (AvgIpc) is 2.82. The van der Waals surface area contributed by atoms with Gasteiger partial charge in [0, 0.05) is 11.1 Å². The SMILES string of the molecule is CCc1c(C(=O)O)noc1-c1ccc(OC)cc1Cl. The predicted octanol–water partition coefficient (Wildman–Crippen LogP) is 3.26. The third kappa shape index (κ3) is 2.42. The Morgan fingerprint density at radius 2 is 2.26 bits per heavy atom. The minimum atomic E-state index is -1.11. The highest BCUT2D eigenvalue weighted by atomic mass is 35.5. The van der Waals surface area contributed by atoms with E-state index in [1.165, 1.54) is 0 Å². The zero-order valence-corrected chi connectivity index (χ0v) is 11.2. The van der Waals surface area contributed by atoms with Crippen LogP contribution in [0.4, 0.5) is 0 Å². The summed E-state index contributed by atoms with van der Waals surface area (Å²) in [5.41, 5.74) is 1.04. The predicted molar refractivity (Wildman–Crippen MR) is 69.8 cm³/mol. The Morgan fingerprint density at radius 1 is 1.53 bits per heavy atom. The fraction of sp³-hybridized carbons (Fsp3) is 0.231. The lowest BCUT2D eigenvalue weighted by molar-refractivity contribution is 0.0685. The van der Waals surface area contributed by atoms with Gasteiger partial charge in [-0.2, -0.15) is 0 Å². The number of benzene rings is 1. The molecule has 1 N–H and O–H groups in total. The Balaban J connectivity index is 2.56. The molecule has 0 unspecified atom stereocenters. The van der Waals surface area contributed by atoms with Gasteiger partial charge in [-0.1, -0.05) is 23.7 Å². The second kappa shape index (κ2) is 5.32. The molecule has 2 rings (SSSR count). The van der Waals surface area contributed by atoms with Crippen molar-refractivity contribution in [1.82, 2.24) is 5.16 Å². The van der Waals surface area contributed by atoms with Crippen molar-refractivity contribution in [2.45, 2.75) is 13.3 Å². The summed E-state index contributed by atoms with van der Waals surface area (Å²) in [6.45, 7) is 1.83.